The van der Waals surface area contributed by atoms with Gasteiger partial charge in [-0.1, -0.05) is 22.6 Å². The lowest BCUT2D eigenvalue weighted by Crippen LogP contribution is -2.33. The van der Waals surface area contributed by atoms with Gasteiger partial charge in [-0.2, -0.15) is 0 Å². The Hall–Kier alpha value is -1.19. The fourth-order valence-electron chi connectivity index (χ4n) is 1.10. The first kappa shape index (κ1) is 17.8. The molecule has 0 spiro atoms. The number of alkyl halides is 1. The standard InChI is InChI=1S/C11H17IN2O5/c1-7(15)2-4-13-9(16)3-5-14-10(17)6-8(12)11(18)19/h8H,2-6H2,1H3,(H,13,16)(H,14,17)(H,18,19). The number of amides is 2. The molecule has 2 amide bonds. The summed E-state index contributed by atoms with van der Waals surface area (Å²) in [6.07, 6.45) is 0.262. The van der Waals surface area contributed by atoms with E-state index in [4.69, 9.17) is 5.11 Å². The summed E-state index contributed by atoms with van der Waals surface area (Å²) in [5.74, 6) is -1.71. The third-order valence-corrected chi connectivity index (χ3v) is 3.08. The minimum absolute atomic E-state index is 0.00430. The van der Waals surface area contributed by atoms with Gasteiger partial charge in [-0.15, -0.1) is 0 Å². The van der Waals surface area contributed by atoms with Crippen molar-refractivity contribution in [2.45, 2.75) is 30.1 Å². The van der Waals surface area contributed by atoms with Crippen molar-refractivity contribution in [3.63, 3.8) is 0 Å². The van der Waals surface area contributed by atoms with Crippen LogP contribution in [0.15, 0.2) is 0 Å². The number of carbonyl (C=O) groups is 4. The van der Waals surface area contributed by atoms with E-state index in [1.807, 2.05) is 0 Å². The molecule has 0 radical (unpaired) electrons. The molecule has 3 N–H and O–H groups in total. The van der Waals surface area contributed by atoms with Crippen LogP contribution in [0.5, 0.6) is 0 Å². The van der Waals surface area contributed by atoms with Gasteiger partial charge in [-0.25, -0.2) is 0 Å². The van der Waals surface area contributed by atoms with Gasteiger partial charge in [0.25, 0.3) is 0 Å². The number of ketones is 1. The van der Waals surface area contributed by atoms with E-state index in [0.717, 1.165) is 0 Å². The molecule has 0 saturated heterocycles. The van der Waals surface area contributed by atoms with Crippen molar-refractivity contribution < 1.29 is 24.3 Å². The van der Waals surface area contributed by atoms with Crippen LogP contribution in [0.4, 0.5) is 0 Å². The SMILES string of the molecule is CC(=O)CCNC(=O)CCNC(=O)CC(I)C(=O)O. The quantitative estimate of drug-likeness (QED) is 0.379. The molecule has 7 nitrogen and oxygen atoms in total. The van der Waals surface area contributed by atoms with Gasteiger partial charge in [0.05, 0.1) is 0 Å². The van der Waals surface area contributed by atoms with Crippen molar-refractivity contribution in [1.29, 1.82) is 0 Å². The summed E-state index contributed by atoms with van der Waals surface area (Å²) in [7, 11) is 0. The van der Waals surface area contributed by atoms with Crippen LogP contribution < -0.4 is 10.6 Å². The van der Waals surface area contributed by atoms with Crippen molar-refractivity contribution in [3.05, 3.63) is 0 Å². The van der Waals surface area contributed by atoms with Gasteiger partial charge < -0.3 is 15.7 Å². The first-order chi connectivity index (χ1) is 8.82. The Morgan fingerprint density at radius 1 is 1.05 bits per heavy atom. The maximum absolute atomic E-state index is 11.3. The average molecular weight is 384 g/mol. The molecule has 1 unspecified atom stereocenters. The lowest BCUT2D eigenvalue weighted by atomic mass is 10.3. The number of carbonyl (C=O) groups excluding carboxylic acids is 3. The van der Waals surface area contributed by atoms with Gasteiger partial charge in [0.2, 0.25) is 11.8 Å². The second-order valence-corrected chi connectivity index (χ2v) is 5.42. The topological polar surface area (TPSA) is 113 Å². The summed E-state index contributed by atoms with van der Waals surface area (Å²) in [4.78, 5) is 43.7. The van der Waals surface area contributed by atoms with E-state index in [9.17, 15) is 19.2 Å². The molecule has 0 rings (SSSR count). The molecule has 0 fully saturated rings. The monoisotopic (exact) mass is 384 g/mol. The number of aliphatic carboxylic acids is 1. The molecule has 0 aromatic rings. The maximum Gasteiger partial charge on any atom is 0.316 e. The zero-order valence-electron chi connectivity index (χ0n) is 10.6. The number of carboxylic acid groups (broad SMARTS) is 1. The summed E-state index contributed by atoms with van der Waals surface area (Å²) in [6, 6.07) is 0. The molecule has 8 heteroatoms. The second-order valence-electron chi connectivity index (χ2n) is 3.91. The predicted octanol–water partition coefficient (Wildman–Crippen LogP) is -0.134. The molecule has 19 heavy (non-hydrogen) atoms. The van der Waals surface area contributed by atoms with Crippen molar-refractivity contribution in [2.24, 2.45) is 0 Å². The number of rotatable bonds is 9. The van der Waals surface area contributed by atoms with E-state index in [1.54, 1.807) is 22.6 Å². The van der Waals surface area contributed by atoms with Gasteiger partial charge >= 0.3 is 5.97 Å². The largest absolute Gasteiger partial charge is 0.480 e. The van der Waals surface area contributed by atoms with Crippen molar-refractivity contribution in [1.82, 2.24) is 10.6 Å². The van der Waals surface area contributed by atoms with Crippen molar-refractivity contribution >= 4 is 46.2 Å². The second kappa shape index (κ2) is 9.70. The molecule has 0 bridgehead atoms. The Morgan fingerprint density at radius 2 is 1.58 bits per heavy atom. The minimum Gasteiger partial charge on any atom is -0.480 e. The molecule has 0 saturated carbocycles. The molecule has 0 aliphatic heterocycles. The van der Waals surface area contributed by atoms with Crippen LogP contribution in [-0.2, 0) is 19.2 Å². The molecule has 0 aromatic carbocycles. The molecule has 0 aliphatic carbocycles. The smallest absolute Gasteiger partial charge is 0.316 e. The first-order valence-electron chi connectivity index (χ1n) is 5.72. The van der Waals surface area contributed by atoms with Gasteiger partial charge in [0, 0.05) is 32.4 Å². The number of hydrogen-bond acceptors (Lipinski definition) is 4. The van der Waals surface area contributed by atoms with Crippen LogP contribution in [0.3, 0.4) is 0 Å². The molecule has 108 valence electrons. The van der Waals surface area contributed by atoms with E-state index in [2.05, 4.69) is 10.6 Å². The average Bonchev–Trinajstić information content (AvgIpc) is 2.28. The highest BCUT2D eigenvalue weighted by Gasteiger charge is 2.17. The highest BCUT2D eigenvalue weighted by atomic mass is 127. The van der Waals surface area contributed by atoms with Crippen molar-refractivity contribution in [3.8, 4) is 0 Å². The van der Waals surface area contributed by atoms with E-state index in [1.165, 1.54) is 6.92 Å². The Morgan fingerprint density at radius 3 is 2.11 bits per heavy atom. The number of Topliss-reactive ketones (excluding diaryl/α,β-unsaturated/α-hetero) is 1. The van der Waals surface area contributed by atoms with E-state index >= 15 is 0 Å². The first-order valence-corrected chi connectivity index (χ1v) is 6.97. The van der Waals surface area contributed by atoms with Crippen LogP contribution in [0.1, 0.15) is 26.2 Å². The van der Waals surface area contributed by atoms with E-state index in [-0.39, 0.29) is 44.0 Å². The number of carboxylic acids is 1. The minimum atomic E-state index is -1.04. The Bertz CT molecular complexity index is 359. The predicted molar refractivity (Wildman–Crippen MR) is 76.0 cm³/mol. The Balaban J connectivity index is 3.67. The third kappa shape index (κ3) is 10.4. The molecular weight excluding hydrogens is 367 g/mol. The van der Waals surface area contributed by atoms with Crippen molar-refractivity contribution in [2.75, 3.05) is 13.1 Å². The fraction of sp³-hybridized carbons (Fsp3) is 0.636. The van der Waals surface area contributed by atoms with Crippen LogP contribution in [0.25, 0.3) is 0 Å². The Labute approximate surface area is 124 Å². The summed E-state index contributed by atoms with van der Waals surface area (Å²) in [6.45, 7) is 1.87. The normalized spacial score (nSPS) is 11.5. The van der Waals surface area contributed by atoms with E-state index in [0.29, 0.717) is 0 Å². The highest BCUT2D eigenvalue weighted by molar-refractivity contribution is 14.1. The van der Waals surface area contributed by atoms with Gasteiger partial charge in [-0.3, -0.25) is 19.2 Å². The molecule has 0 aromatic heterocycles. The van der Waals surface area contributed by atoms with Crippen LogP contribution in [0.2, 0.25) is 0 Å². The summed E-state index contributed by atoms with van der Waals surface area (Å²) in [5, 5.41) is 13.6. The number of halogens is 1. The van der Waals surface area contributed by atoms with Gasteiger partial charge in [-0.05, 0) is 6.92 Å². The van der Waals surface area contributed by atoms with Crippen LogP contribution in [0, 0.1) is 0 Å². The number of hydrogen-bond donors (Lipinski definition) is 3. The molecular formula is C11H17IN2O5. The summed E-state index contributed by atoms with van der Waals surface area (Å²) < 4.78 is -0.776. The lowest BCUT2D eigenvalue weighted by Gasteiger charge is -2.07. The van der Waals surface area contributed by atoms with Gasteiger partial charge in [0.1, 0.15) is 9.71 Å². The Kier molecular flexibility index (Phi) is 9.09. The molecule has 0 heterocycles. The van der Waals surface area contributed by atoms with Crippen LogP contribution >= 0.6 is 22.6 Å². The fourth-order valence-corrected chi connectivity index (χ4v) is 1.50. The lowest BCUT2D eigenvalue weighted by molar-refractivity contribution is -0.137. The van der Waals surface area contributed by atoms with Crippen LogP contribution in [-0.4, -0.2) is 45.7 Å². The van der Waals surface area contributed by atoms with Gasteiger partial charge in [0.15, 0.2) is 0 Å². The summed E-state index contributed by atoms with van der Waals surface area (Å²) in [5.41, 5.74) is 0. The molecule has 1 atom stereocenters. The number of nitrogens with one attached hydrogen (secondary N) is 2. The summed E-state index contributed by atoms with van der Waals surface area (Å²) >= 11 is 1.66. The zero-order valence-corrected chi connectivity index (χ0v) is 12.7. The maximum atomic E-state index is 11.3. The third-order valence-electron chi connectivity index (χ3n) is 2.11. The molecule has 0 aliphatic rings. The zero-order chi connectivity index (χ0) is 14.8. The highest BCUT2D eigenvalue weighted by Crippen LogP contribution is 2.05. The van der Waals surface area contributed by atoms with E-state index < -0.39 is 15.8 Å².